The molecular formula is C20H32N4O6. The number of hydrogen-bond acceptors (Lipinski definition) is 7. The van der Waals surface area contributed by atoms with Crippen LogP contribution < -0.4 is 22.1 Å². The van der Waals surface area contributed by atoms with Crippen LogP contribution in [0.3, 0.4) is 0 Å². The number of carboxylic acid groups (broad SMARTS) is 1. The van der Waals surface area contributed by atoms with Crippen LogP contribution in [0, 0.1) is 0 Å². The zero-order valence-corrected chi connectivity index (χ0v) is 17.2. The Labute approximate surface area is 176 Å². The summed E-state index contributed by atoms with van der Waals surface area (Å²) in [5.41, 5.74) is 13.4. The number of benzene rings is 1. The number of hydrogen-bond donors (Lipinski definition) is 5. The highest BCUT2D eigenvalue weighted by Gasteiger charge is 2.11. The van der Waals surface area contributed by atoms with Crippen molar-refractivity contribution in [2.75, 3.05) is 39.5 Å². The van der Waals surface area contributed by atoms with E-state index in [1.807, 2.05) is 12.1 Å². The molecule has 168 valence electrons. The average Bonchev–Trinajstić information content (AvgIpc) is 2.74. The van der Waals surface area contributed by atoms with Crippen LogP contribution in [0.2, 0.25) is 0 Å². The quantitative estimate of drug-likeness (QED) is 0.226. The molecule has 1 aromatic carbocycles. The third-order valence-corrected chi connectivity index (χ3v) is 4.14. The molecule has 0 aromatic heterocycles. The molecule has 0 spiro atoms. The van der Waals surface area contributed by atoms with E-state index in [0.29, 0.717) is 58.0 Å². The SMILES string of the molecule is NCc1ccc(CN)c(C(=O)NCCOCCOCCNC(=O)CCCC(=O)O)c1. The standard InChI is InChI=1S/C20H32N4O6/c21-13-15-4-5-16(14-22)17(12-15)20(28)24-7-9-30-11-10-29-8-6-23-18(25)2-1-3-19(26)27/h4-5,12H,1-3,6-11,13-14,21-22H2,(H,23,25)(H,24,28)(H,26,27). The van der Waals surface area contributed by atoms with E-state index in [9.17, 15) is 14.4 Å². The summed E-state index contributed by atoms with van der Waals surface area (Å²) in [6.45, 7) is 2.72. The monoisotopic (exact) mass is 424 g/mol. The maximum atomic E-state index is 12.3. The number of amides is 2. The molecule has 10 heteroatoms. The molecular weight excluding hydrogens is 392 g/mol. The zero-order chi connectivity index (χ0) is 22.2. The van der Waals surface area contributed by atoms with Gasteiger partial charge in [-0.1, -0.05) is 12.1 Å². The number of carbonyl (C=O) groups is 3. The van der Waals surface area contributed by atoms with Crippen molar-refractivity contribution >= 4 is 17.8 Å². The number of aliphatic carboxylic acids is 1. The van der Waals surface area contributed by atoms with Gasteiger partial charge in [-0.3, -0.25) is 14.4 Å². The van der Waals surface area contributed by atoms with Crippen molar-refractivity contribution in [1.82, 2.24) is 10.6 Å². The average molecular weight is 424 g/mol. The van der Waals surface area contributed by atoms with Gasteiger partial charge in [0, 0.05) is 44.6 Å². The van der Waals surface area contributed by atoms with E-state index in [1.165, 1.54) is 0 Å². The summed E-state index contributed by atoms with van der Waals surface area (Å²) < 4.78 is 10.7. The maximum Gasteiger partial charge on any atom is 0.303 e. The highest BCUT2D eigenvalue weighted by Crippen LogP contribution is 2.11. The van der Waals surface area contributed by atoms with Crippen LogP contribution in [0.15, 0.2) is 18.2 Å². The molecule has 1 aromatic rings. The largest absolute Gasteiger partial charge is 0.481 e. The lowest BCUT2D eigenvalue weighted by atomic mass is 10.0. The summed E-state index contributed by atoms with van der Waals surface area (Å²) in [5, 5.41) is 13.9. The first-order valence-electron chi connectivity index (χ1n) is 9.92. The molecule has 30 heavy (non-hydrogen) atoms. The summed E-state index contributed by atoms with van der Waals surface area (Å²) >= 11 is 0. The van der Waals surface area contributed by atoms with E-state index >= 15 is 0 Å². The smallest absolute Gasteiger partial charge is 0.303 e. The van der Waals surface area contributed by atoms with E-state index in [-0.39, 0.29) is 31.2 Å². The maximum absolute atomic E-state index is 12.3. The van der Waals surface area contributed by atoms with Crippen molar-refractivity contribution in [2.24, 2.45) is 11.5 Å². The molecule has 0 bridgehead atoms. The predicted octanol–water partition coefficient (Wildman–Crippen LogP) is -0.262. The van der Waals surface area contributed by atoms with Crippen LogP contribution in [0.5, 0.6) is 0 Å². The summed E-state index contributed by atoms with van der Waals surface area (Å²) in [4.78, 5) is 34.1. The minimum atomic E-state index is -0.910. The predicted molar refractivity (Wildman–Crippen MR) is 111 cm³/mol. The van der Waals surface area contributed by atoms with Gasteiger partial charge in [0.25, 0.3) is 5.91 Å². The molecule has 0 aliphatic rings. The molecule has 0 saturated carbocycles. The lowest BCUT2D eigenvalue weighted by molar-refractivity contribution is -0.137. The molecule has 0 aliphatic carbocycles. The second-order valence-corrected chi connectivity index (χ2v) is 6.48. The fourth-order valence-electron chi connectivity index (χ4n) is 2.55. The molecule has 1 rings (SSSR count). The number of carboxylic acids is 1. The Kier molecular flexibility index (Phi) is 13.0. The molecule has 7 N–H and O–H groups in total. The van der Waals surface area contributed by atoms with Gasteiger partial charge in [0.2, 0.25) is 5.91 Å². The Balaban J connectivity index is 2.05. The zero-order valence-electron chi connectivity index (χ0n) is 17.2. The summed E-state index contributed by atoms with van der Waals surface area (Å²) in [6.07, 6.45) is 0.485. The Morgan fingerprint density at radius 1 is 0.900 bits per heavy atom. The van der Waals surface area contributed by atoms with E-state index in [2.05, 4.69) is 10.6 Å². The second kappa shape index (κ2) is 15.3. The van der Waals surface area contributed by atoms with Crippen LogP contribution in [0.1, 0.15) is 40.7 Å². The molecule has 0 saturated heterocycles. The van der Waals surface area contributed by atoms with Crippen LogP contribution in [-0.2, 0) is 32.2 Å². The minimum absolute atomic E-state index is 0.0179. The summed E-state index contributed by atoms with van der Waals surface area (Å²) in [6, 6.07) is 5.41. The second-order valence-electron chi connectivity index (χ2n) is 6.48. The van der Waals surface area contributed by atoms with Gasteiger partial charge < -0.3 is 36.7 Å². The molecule has 10 nitrogen and oxygen atoms in total. The van der Waals surface area contributed by atoms with Gasteiger partial charge >= 0.3 is 5.97 Å². The molecule has 0 fully saturated rings. The van der Waals surface area contributed by atoms with Crippen LogP contribution in [0.4, 0.5) is 0 Å². The van der Waals surface area contributed by atoms with E-state index in [4.69, 9.17) is 26.0 Å². The first-order chi connectivity index (χ1) is 14.5. The van der Waals surface area contributed by atoms with Crippen LogP contribution >= 0.6 is 0 Å². The third-order valence-electron chi connectivity index (χ3n) is 4.14. The van der Waals surface area contributed by atoms with Crippen LogP contribution in [0.25, 0.3) is 0 Å². The molecule has 0 radical (unpaired) electrons. The highest BCUT2D eigenvalue weighted by molar-refractivity contribution is 5.95. The minimum Gasteiger partial charge on any atom is -0.481 e. The van der Waals surface area contributed by atoms with E-state index in [0.717, 1.165) is 11.1 Å². The number of ether oxygens (including phenoxy) is 2. The van der Waals surface area contributed by atoms with Crippen molar-refractivity contribution in [3.05, 3.63) is 34.9 Å². The van der Waals surface area contributed by atoms with Gasteiger partial charge in [-0.25, -0.2) is 0 Å². The first-order valence-corrected chi connectivity index (χ1v) is 9.92. The van der Waals surface area contributed by atoms with Gasteiger partial charge in [0.05, 0.1) is 26.4 Å². The van der Waals surface area contributed by atoms with Gasteiger partial charge in [-0.15, -0.1) is 0 Å². The Hall–Kier alpha value is -2.53. The topological polar surface area (TPSA) is 166 Å². The lowest BCUT2D eigenvalue weighted by Crippen LogP contribution is -2.29. The normalized spacial score (nSPS) is 10.6. The van der Waals surface area contributed by atoms with Gasteiger partial charge in [-0.2, -0.15) is 0 Å². The van der Waals surface area contributed by atoms with Gasteiger partial charge in [-0.05, 0) is 23.6 Å². The molecule has 2 amide bonds. The van der Waals surface area contributed by atoms with Crippen molar-refractivity contribution in [3.63, 3.8) is 0 Å². The molecule has 0 unspecified atom stereocenters. The van der Waals surface area contributed by atoms with E-state index < -0.39 is 5.97 Å². The van der Waals surface area contributed by atoms with Gasteiger partial charge in [0.1, 0.15) is 0 Å². The Bertz CT molecular complexity index is 683. The number of carbonyl (C=O) groups excluding carboxylic acids is 2. The van der Waals surface area contributed by atoms with Crippen LogP contribution in [-0.4, -0.2) is 62.4 Å². The molecule has 0 heterocycles. The third kappa shape index (κ3) is 10.9. The Morgan fingerprint density at radius 2 is 1.57 bits per heavy atom. The number of rotatable bonds is 16. The summed E-state index contributed by atoms with van der Waals surface area (Å²) in [7, 11) is 0. The Morgan fingerprint density at radius 3 is 2.17 bits per heavy atom. The molecule has 0 atom stereocenters. The lowest BCUT2D eigenvalue weighted by Gasteiger charge is -2.11. The summed E-state index contributed by atoms with van der Waals surface area (Å²) in [5.74, 6) is -1.32. The van der Waals surface area contributed by atoms with Gasteiger partial charge in [0.15, 0.2) is 0 Å². The number of nitrogens with one attached hydrogen (secondary N) is 2. The fraction of sp³-hybridized carbons (Fsp3) is 0.550. The highest BCUT2D eigenvalue weighted by atomic mass is 16.5. The van der Waals surface area contributed by atoms with Crippen molar-refractivity contribution in [2.45, 2.75) is 32.4 Å². The van der Waals surface area contributed by atoms with Crippen molar-refractivity contribution < 1.29 is 29.0 Å². The number of nitrogens with two attached hydrogens (primary N) is 2. The van der Waals surface area contributed by atoms with E-state index in [1.54, 1.807) is 6.07 Å². The first kappa shape index (κ1) is 25.5. The van der Waals surface area contributed by atoms with Crippen molar-refractivity contribution in [3.8, 4) is 0 Å². The molecule has 0 aliphatic heterocycles. The fourth-order valence-corrected chi connectivity index (χ4v) is 2.55. The van der Waals surface area contributed by atoms with Crippen molar-refractivity contribution in [1.29, 1.82) is 0 Å².